The van der Waals surface area contributed by atoms with Gasteiger partial charge in [-0.05, 0) is 12.8 Å². The fraction of sp³-hybridized carbons (Fsp3) is 0.980. The van der Waals surface area contributed by atoms with Crippen LogP contribution in [0, 0.1) is 0 Å². The Morgan fingerprint density at radius 1 is 0.255 bits per heavy atom. The van der Waals surface area contributed by atoms with Crippen LogP contribution in [0.25, 0.3) is 0 Å². The molecular weight excluding hydrogens is 621 g/mol. The van der Waals surface area contributed by atoms with Crippen molar-refractivity contribution in [3.05, 3.63) is 0 Å². The van der Waals surface area contributed by atoms with Gasteiger partial charge in [-0.15, -0.1) is 0 Å². The van der Waals surface area contributed by atoms with Crippen LogP contribution in [0.5, 0.6) is 0 Å². The number of carbonyl (C=O) groups excluding carboxylic acids is 1. The first-order valence-electron chi connectivity index (χ1n) is 24.5. The summed E-state index contributed by atoms with van der Waals surface area (Å²) in [5.74, 6) is 0.0304. The molecule has 0 amide bonds. The van der Waals surface area contributed by atoms with E-state index in [1.165, 1.54) is 270 Å². The minimum absolute atomic E-state index is 0.0304. The summed E-state index contributed by atoms with van der Waals surface area (Å²) in [6, 6.07) is 0. The van der Waals surface area contributed by atoms with Crippen LogP contribution in [0.15, 0.2) is 0 Å². The Kier molecular flexibility index (Phi) is 47.0. The summed E-state index contributed by atoms with van der Waals surface area (Å²) in [4.78, 5) is 12.0. The molecule has 2 heteroatoms. The Bertz CT molecular complexity index is 615. The maximum atomic E-state index is 12.0. The molecule has 0 aromatic carbocycles. The average molecular weight is 719 g/mol. The second kappa shape index (κ2) is 47.5. The Morgan fingerprint density at radius 2 is 0.431 bits per heavy atom. The highest BCUT2D eigenvalue weighted by atomic mass is 16.5. The lowest BCUT2D eigenvalue weighted by Crippen LogP contribution is -2.05. The first-order valence-corrected chi connectivity index (χ1v) is 24.5. The third kappa shape index (κ3) is 47.4. The van der Waals surface area contributed by atoms with Crippen molar-refractivity contribution in [2.75, 3.05) is 6.61 Å². The second-order valence-electron chi connectivity index (χ2n) is 16.8. The molecule has 0 fully saturated rings. The van der Waals surface area contributed by atoms with E-state index in [-0.39, 0.29) is 5.97 Å². The highest BCUT2D eigenvalue weighted by Gasteiger charge is 2.03. The SMILES string of the molecule is CCCCCCCCCCCCCCCCCCCCCCCCCCCCCCCCCCOC(=O)CCCCCCCCCCCCCC. The van der Waals surface area contributed by atoms with Crippen molar-refractivity contribution in [2.45, 2.75) is 303 Å². The molecule has 0 rings (SSSR count). The molecule has 0 aliphatic carbocycles. The Balaban J connectivity index is 3.12. The van der Waals surface area contributed by atoms with E-state index in [0.717, 1.165) is 12.8 Å². The smallest absolute Gasteiger partial charge is 0.305 e. The van der Waals surface area contributed by atoms with Gasteiger partial charge in [0.15, 0.2) is 0 Å². The Morgan fingerprint density at radius 3 is 0.647 bits per heavy atom. The van der Waals surface area contributed by atoms with Gasteiger partial charge in [0.25, 0.3) is 0 Å². The average Bonchev–Trinajstić information content (AvgIpc) is 3.14. The lowest BCUT2D eigenvalue weighted by molar-refractivity contribution is -0.143. The monoisotopic (exact) mass is 719 g/mol. The number of unbranched alkanes of at least 4 members (excludes halogenated alkanes) is 42. The number of rotatable bonds is 46. The Hall–Kier alpha value is -0.530. The molecule has 2 nitrogen and oxygen atoms in total. The molecule has 0 atom stereocenters. The summed E-state index contributed by atoms with van der Waals surface area (Å²) in [5.41, 5.74) is 0. The predicted molar refractivity (Wildman–Crippen MR) is 230 cm³/mol. The van der Waals surface area contributed by atoms with Crippen LogP contribution >= 0.6 is 0 Å². The zero-order valence-corrected chi connectivity index (χ0v) is 35.8. The number of hydrogen-bond donors (Lipinski definition) is 0. The van der Waals surface area contributed by atoms with Gasteiger partial charge in [-0.3, -0.25) is 4.79 Å². The van der Waals surface area contributed by atoms with Crippen LogP contribution in [0.1, 0.15) is 303 Å². The van der Waals surface area contributed by atoms with Crippen LogP contribution in [0.4, 0.5) is 0 Å². The van der Waals surface area contributed by atoms with Gasteiger partial charge in [0.1, 0.15) is 0 Å². The minimum Gasteiger partial charge on any atom is -0.466 e. The summed E-state index contributed by atoms with van der Waals surface area (Å²) in [7, 11) is 0. The molecule has 0 unspecified atom stereocenters. The molecule has 51 heavy (non-hydrogen) atoms. The number of ether oxygens (including phenoxy) is 1. The van der Waals surface area contributed by atoms with E-state index >= 15 is 0 Å². The molecule has 0 heterocycles. The first kappa shape index (κ1) is 50.5. The van der Waals surface area contributed by atoms with E-state index < -0.39 is 0 Å². The van der Waals surface area contributed by atoms with Gasteiger partial charge in [0, 0.05) is 6.42 Å². The van der Waals surface area contributed by atoms with Gasteiger partial charge in [0.2, 0.25) is 0 Å². The molecule has 0 N–H and O–H groups in total. The van der Waals surface area contributed by atoms with Crippen molar-refractivity contribution in [3.8, 4) is 0 Å². The van der Waals surface area contributed by atoms with E-state index in [2.05, 4.69) is 13.8 Å². The van der Waals surface area contributed by atoms with E-state index in [1.807, 2.05) is 0 Å². The van der Waals surface area contributed by atoms with Gasteiger partial charge in [0.05, 0.1) is 6.61 Å². The summed E-state index contributed by atoms with van der Waals surface area (Å²) in [5, 5.41) is 0. The third-order valence-electron chi connectivity index (χ3n) is 11.5. The van der Waals surface area contributed by atoms with Crippen molar-refractivity contribution in [1.29, 1.82) is 0 Å². The molecular formula is C49H98O2. The molecule has 0 aliphatic rings. The molecule has 306 valence electrons. The van der Waals surface area contributed by atoms with Crippen LogP contribution in [0.2, 0.25) is 0 Å². The van der Waals surface area contributed by atoms with E-state index in [9.17, 15) is 4.79 Å². The van der Waals surface area contributed by atoms with Crippen LogP contribution in [0.3, 0.4) is 0 Å². The van der Waals surface area contributed by atoms with Gasteiger partial charge >= 0.3 is 5.97 Å². The zero-order chi connectivity index (χ0) is 36.8. The number of esters is 1. The molecule has 0 saturated carbocycles. The molecule has 0 bridgehead atoms. The minimum atomic E-state index is 0.0304. The molecule has 0 spiro atoms. The quantitative estimate of drug-likeness (QED) is 0.0463. The normalized spacial score (nSPS) is 11.5. The summed E-state index contributed by atoms with van der Waals surface area (Å²) >= 11 is 0. The lowest BCUT2D eigenvalue weighted by atomic mass is 10.0. The van der Waals surface area contributed by atoms with Crippen LogP contribution < -0.4 is 0 Å². The highest BCUT2D eigenvalue weighted by Crippen LogP contribution is 2.17. The van der Waals surface area contributed by atoms with Crippen LogP contribution in [-0.2, 0) is 9.53 Å². The van der Waals surface area contributed by atoms with Crippen molar-refractivity contribution < 1.29 is 9.53 Å². The summed E-state index contributed by atoms with van der Waals surface area (Å²) in [6.07, 6.45) is 62.5. The topological polar surface area (TPSA) is 26.3 Å². The van der Waals surface area contributed by atoms with Crippen LogP contribution in [-0.4, -0.2) is 12.6 Å². The molecule has 0 radical (unpaired) electrons. The van der Waals surface area contributed by atoms with E-state index in [4.69, 9.17) is 4.74 Å². The molecule has 0 aromatic rings. The van der Waals surface area contributed by atoms with Crippen molar-refractivity contribution in [1.82, 2.24) is 0 Å². The van der Waals surface area contributed by atoms with Crippen molar-refractivity contribution in [3.63, 3.8) is 0 Å². The van der Waals surface area contributed by atoms with Crippen molar-refractivity contribution in [2.24, 2.45) is 0 Å². The van der Waals surface area contributed by atoms with E-state index in [0.29, 0.717) is 13.0 Å². The van der Waals surface area contributed by atoms with Crippen molar-refractivity contribution >= 4 is 5.97 Å². The highest BCUT2D eigenvalue weighted by molar-refractivity contribution is 5.69. The first-order chi connectivity index (χ1) is 25.3. The molecule has 0 aromatic heterocycles. The van der Waals surface area contributed by atoms with E-state index in [1.54, 1.807) is 0 Å². The molecule has 0 aliphatic heterocycles. The van der Waals surface area contributed by atoms with Gasteiger partial charge < -0.3 is 4.74 Å². The molecule has 0 saturated heterocycles. The van der Waals surface area contributed by atoms with Gasteiger partial charge in [-0.1, -0.05) is 284 Å². The van der Waals surface area contributed by atoms with Gasteiger partial charge in [-0.25, -0.2) is 0 Å². The third-order valence-corrected chi connectivity index (χ3v) is 11.5. The number of carbonyl (C=O) groups is 1. The Labute approximate surface area is 324 Å². The van der Waals surface area contributed by atoms with Gasteiger partial charge in [-0.2, -0.15) is 0 Å². The fourth-order valence-corrected chi connectivity index (χ4v) is 7.85. The predicted octanol–water partition coefficient (Wildman–Crippen LogP) is 18.1. The largest absolute Gasteiger partial charge is 0.466 e. The lowest BCUT2D eigenvalue weighted by Gasteiger charge is -2.06. The maximum absolute atomic E-state index is 12.0. The number of hydrogen-bond acceptors (Lipinski definition) is 2. The fourth-order valence-electron chi connectivity index (χ4n) is 7.85. The summed E-state index contributed by atoms with van der Waals surface area (Å²) < 4.78 is 5.47. The zero-order valence-electron chi connectivity index (χ0n) is 35.8. The maximum Gasteiger partial charge on any atom is 0.305 e. The standard InChI is InChI=1S/C49H98O2/c1-3-5-7-9-11-13-15-17-18-19-20-21-22-23-24-25-26-27-28-29-30-31-32-33-34-35-36-38-40-42-44-46-48-51-49(50)47-45-43-41-39-37-16-14-12-10-8-6-4-2/h3-48H2,1-2H3. The summed E-state index contributed by atoms with van der Waals surface area (Å²) in [6.45, 7) is 5.23. The second-order valence-corrected chi connectivity index (χ2v) is 16.8.